The van der Waals surface area contributed by atoms with E-state index >= 15 is 0 Å². The van der Waals surface area contributed by atoms with Crippen LogP contribution in [-0.2, 0) is 4.79 Å². The predicted molar refractivity (Wildman–Crippen MR) is 56.0 cm³/mol. The number of hydrogen-bond acceptors (Lipinski definition) is 3. The molecule has 0 aliphatic heterocycles. The normalized spacial score (nSPS) is 16.0. The second kappa shape index (κ2) is 3.02. The number of allylic oxidation sites excluding steroid dienone is 2. The Morgan fingerprint density at radius 1 is 1.20 bits per heavy atom. The van der Waals surface area contributed by atoms with Gasteiger partial charge in [0.15, 0.2) is 5.78 Å². The van der Waals surface area contributed by atoms with E-state index in [4.69, 9.17) is 0 Å². The fraction of sp³-hybridized carbons (Fsp3) is 0.182. The smallest absolute Gasteiger partial charge is 0.157 e. The first kappa shape index (κ1) is 8.35. The van der Waals surface area contributed by atoms with E-state index in [9.17, 15) is 4.79 Å². The highest BCUT2D eigenvalue weighted by Crippen LogP contribution is 2.22. The minimum atomic E-state index is 0.171. The van der Waals surface area contributed by atoms with Crippen molar-refractivity contribution in [3.05, 3.63) is 30.3 Å². The van der Waals surface area contributed by atoms with Crippen molar-refractivity contribution in [1.29, 1.82) is 0 Å². The zero-order valence-electron chi connectivity index (χ0n) is 8.05. The van der Waals surface area contributed by atoms with Gasteiger partial charge in [-0.3, -0.25) is 4.79 Å². The van der Waals surface area contributed by atoms with Crippen molar-refractivity contribution in [2.45, 2.75) is 12.8 Å². The van der Waals surface area contributed by atoms with Crippen molar-refractivity contribution in [2.75, 3.05) is 0 Å². The second-order valence-electron chi connectivity index (χ2n) is 3.59. The van der Waals surface area contributed by atoms with Crippen LogP contribution in [0.25, 0.3) is 16.7 Å². The van der Waals surface area contributed by atoms with Gasteiger partial charge in [0.1, 0.15) is 5.52 Å². The van der Waals surface area contributed by atoms with Crippen molar-refractivity contribution < 1.29 is 4.79 Å². The molecule has 0 radical (unpaired) electrons. The highest BCUT2D eigenvalue weighted by Gasteiger charge is 2.16. The summed E-state index contributed by atoms with van der Waals surface area (Å²) in [6, 6.07) is 7.74. The number of rotatable bonds is 1. The summed E-state index contributed by atoms with van der Waals surface area (Å²) in [6.07, 6.45) is 3.00. The Morgan fingerprint density at radius 3 is 2.87 bits per heavy atom. The van der Waals surface area contributed by atoms with Gasteiger partial charge in [-0.2, -0.15) is 0 Å². The molecule has 1 aliphatic rings. The maximum atomic E-state index is 11.1. The summed E-state index contributed by atoms with van der Waals surface area (Å²) >= 11 is 0. The number of ketones is 1. The number of para-hydroxylation sites is 1. The van der Waals surface area contributed by atoms with E-state index in [0.29, 0.717) is 6.42 Å². The van der Waals surface area contributed by atoms with Crippen molar-refractivity contribution in [1.82, 2.24) is 15.0 Å². The lowest BCUT2D eigenvalue weighted by atomic mass is 10.3. The summed E-state index contributed by atoms with van der Waals surface area (Å²) < 4.78 is 1.75. The number of hydrogen-bond donors (Lipinski definition) is 0. The van der Waals surface area contributed by atoms with Gasteiger partial charge in [-0.15, -0.1) is 5.10 Å². The zero-order valence-corrected chi connectivity index (χ0v) is 8.05. The number of benzene rings is 1. The van der Waals surface area contributed by atoms with Gasteiger partial charge in [0.05, 0.1) is 5.52 Å². The lowest BCUT2D eigenvalue weighted by Gasteiger charge is -2.00. The molecule has 0 saturated heterocycles. The van der Waals surface area contributed by atoms with Gasteiger partial charge >= 0.3 is 0 Å². The van der Waals surface area contributed by atoms with E-state index in [1.807, 2.05) is 24.3 Å². The van der Waals surface area contributed by atoms with E-state index in [0.717, 1.165) is 23.2 Å². The van der Waals surface area contributed by atoms with Crippen molar-refractivity contribution in [3.8, 4) is 0 Å². The SMILES string of the molecule is O=C1C=C(n2nnc3ccccc32)CC1. The number of fused-ring (bicyclic) bond motifs is 1. The fourth-order valence-electron chi connectivity index (χ4n) is 1.83. The standard InChI is InChI=1S/C11H9N3O/c15-9-6-5-8(7-9)14-11-4-2-1-3-10(11)12-13-14/h1-4,7H,5-6H2. The fourth-order valence-corrected chi connectivity index (χ4v) is 1.83. The maximum absolute atomic E-state index is 11.1. The third-order valence-corrected chi connectivity index (χ3v) is 2.58. The van der Waals surface area contributed by atoms with E-state index in [2.05, 4.69) is 10.3 Å². The van der Waals surface area contributed by atoms with Crippen LogP contribution >= 0.6 is 0 Å². The highest BCUT2D eigenvalue weighted by atomic mass is 16.1. The number of nitrogens with zero attached hydrogens (tertiary/aromatic N) is 3. The number of aromatic nitrogens is 3. The highest BCUT2D eigenvalue weighted by molar-refractivity contribution is 5.99. The Morgan fingerprint density at radius 2 is 2.07 bits per heavy atom. The lowest BCUT2D eigenvalue weighted by molar-refractivity contribution is -0.114. The minimum Gasteiger partial charge on any atom is -0.295 e. The molecule has 0 amide bonds. The third kappa shape index (κ3) is 1.26. The van der Waals surface area contributed by atoms with Crippen LogP contribution in [0, 0.1) is 0 Å². The van der Waals surface area contributed by atoms with Crippen LogP contribution in [0.4, 0.5) is 0 Å². The molecule has 0 spiro atoms. The Balaban J connectivity index is 2.19. The topological polar surface area (TPSA) is 47.8 Å². The monoisotopic (exact) mass is 199 g/mol. The molecular formula is C11H9N3O. The maximum Gasteiger partial charge on any atom is 0.157 e. The molecule has 0 unspecified atom stereocenters. The van der Waals surface area contributed by atoms with Crippen molar-refractivity contribution in [3.63, 3.8) is 0 Å². The van der Waals surface area contributed by atoms with Crippen LogP contribution in [-0.4, -0.2) is 20.8 Å². The van der Waals surface area contributed by atoms with Crippen molar-refractivity contribution in [2.24, 2.45) is 0 Å². The van der Waals surface area contributed by atoms with Crippen LogP contribution in [0.2, 0.25) is 0 Å². The van der Waals surface area contributed by atoms with Crippen LogP contribution in [0.3, 0.4) is 0 Å². The second-order valence-corrected chi connectivity index (χ2v) is 3.59. The summed E-state index contributed by atoms with van der Waals surface area (Å²) in [7, 11) is 0. The zero-order chi connectivity index (χ0) is 10.3. The molecule has 0 saturated carbocycles. The average Bonchev–Trinajstić information content (AvgIpc) is 2.83. The Bertz CT molecular complexity index is 568. The first-order valence-corrected chi connectivity index (χ1v) is 4.89. The first-order valence-electron chi connectivity index (χ1n) is 4.89. The molecule has 1 aromatic heterocycles. The molecule has 74 valence electrons. The molecule has 1 aromatic carbocycles. The van der Waals surface area contributed by atoms with Gasteiger partial charge in [0.2, 0.25) is 0 Å². The van der Waals surface area contributed by atoms with Gasteiger partial charge in [0.25, 0.3) is 0 Å². The molecule has 4 nitrogen and oxygen atoms in total. The predicted octanol–water partition coefficient (Wildman–Crippen LogP) is 1.64. The van der Waals surface area contributed by atoms with Crippen LogP contribution in [0.15, 0.2) is 30.3 Å². The van der Waals surface area contributed by atoms with Gasteiger partial charge in [-0.05, 0) is 18.6 Å². The molecule has 1 aliphatic carbocycles. The number of carbonyl (C=O) groups excluding carboxylic acids is 1. The largest absolute Gasteiger partial charge is 0.295 e. The molecule has 4 heteroatoms. The van der Waals surface area contributed by atoms with Crippen LogP contribution < -0.4 is 0 Å². The van der Waals surface area contributed by atoms with Gasteiger partial charge in [0, 0.05) is 18.2 Å². The third-order valence-electron chi connectivity index (χ3n) is 2.58. The quantitative estimate of drug-likeness (QED) is 0.701. The molecule has 1 heterocycles. The van der Waals surface area contributed by atoms with Gasteiger partial charge in [-0.25, -0.2) is 4.68 Å². The molecule has 15 heavy (non-hydrogen) atoms. The van der Waals surface area contributed by atoms with Crippen LogP contribution in [0.5, 0.6) is 0 Å². The summed E-state index contributed by atoms with van der Waals surface area (Å²) in [5.41, 5.74) is 2.75. The average molecular weight is 199 g/mol. The minimum absolute atomic E-state index is 0.171. The summed E-state index contributed by atoms with van der Waals surface area (Å²) in [6.45, 7) is 0. The Kier molecular flexibility index (Phi) is 1.68. The molecule has 0 bridgehead atoms. The van der Waals surface area contributed by atoms with E-state index in [-0.39, 0.29) is 5.78 Å². The van der Waals surface area contributed by atoms with Gasteiger partial charge < -0.3 is 0 Å². The summed E-state index contributed by atoms with van der Waals surface area (Å²) in [5.74, 6) is 0.171. The summed E-state index contributed by atoms with van der Waals surface area (Å²) in [5, 5.41) is 8.11. The molecule has 2 aromatic rings. The Labute approximate surface area is 86.2 Å². The van der Waals surface area contributed by atoms with Crippen LogP contribution in [0.1, 0.15) is 12.8 Å². The molecule has 0 fully saturated rings. The van der Waals surface area contributed by atoms with E-state index in [1.54, 1.807) is 10.8 Å². The molecule has 0 atom stereocenters. The number of carbonyl (C=O) groups is 1. The van der Waals surface area contributed by atoms with E-state index < -0.39 is 0 Å². The molecule has 3 rings (SSSR count). The molecule has 0 N–H and O–H groups in total. The lowest BCUT2D eigenvalue weighted by Crippen LogP contribution is -1.96. The van der Waals surface area contributed by atoms with Gasteiger partial charge in [-0.1, -0.05) is 17.3 Å². The first-order chi connectivity index (χ1) is 7.34. The van der Waals surface area contributed by atoms with E-state index in [1.165, 1.54) is 0 Å². The van der Waals surface area contributed by atoms with Crippen molar-refractivity contribution >= 4 is 22.5 Å². The molecular weight excluding hydrogens is 190 g/mol. The Hall–Kier alpha value is -1.97. The summed E-state index contributed by atoms with van der Waals surface area (Å²) in [4.78, 5) is 11.1.